The highest BCUT2D eigenvalue weighted by molar-refractivity contribution is 9.10. The van der Waals surface area contributed by atoms with Gasteiger partial charge < -0.3 is 14.7 Å². The molecule has 0 spiro atoms. The first-order valence-corrected chi connectivity index (χ1v) is 7.15. The van der Waals surface area contributed by atoms with E-state index in [1.165, 1.54) is 0 Å². The summed E-state index contributed by atoms with van der Waals surface area (Å²) in [5.41, 5.74) is 1.54. The first-order chi connectivity index (χ1) is 9.47. The van der Waals surface area contributed by atoms with Crippen molar-refractivity contribution >= 4 is 27.8 Å². The predicted octanol–water partition coefficient (Wildman–Crippen LogP) is 2.07. The van der Waals surface area contributed by atoms with Crippen molar-refractivity contribution in [3.05, 3.63) is 33.8 Å². The van der Waals surface area contributed by atoms with E-state index < -0.39 is 12.1 Å². The van der Waals surface area contributed by atoms with Gasteiger partial charge in [-0.1, -0.05) is 22.0 Å². The molecule has 0 radical (unpaired) electrons. The Balaban J connectivity index is 2.12. The van der Waals surface area contributed by atoms with Gasteiger partial charge in [-0.3, -0.25) is 9.59 Å². The number of carboxylic acids is 1. The first-order valence-electron chi connectivity index (χ1n) is 6.36. The Morgan fingerprint density at radius 1 is 1.50 bits per heavy atom. The average molecular weight is 342 g/mol. The highest BCUT2D eigenvalue weighted by atomic mass is 79.9. The Morgan fingerprint density at radius 2 is 2.25 bits per heavy atom. The number of morpholine rings is 1. The summed E-state index contributed by atoms with van der Waals surface area (Å²) in [6.45, 7) is 3.06. The van der Waals surface area contributed by atoms with E-state index in [1.54, 1.807) is 11.0 Å². The number of rotatable bonds is 3. The molecule has 1 heterocycles. The number of carbonyl (C=O) groups excluding carboxylic acids is 1. The van der Waals surface area contributed by atoms with Crippen LogP contribution in [0.3, 0.4) is 0 Å². The minimum Gasteiger partial charge on any atom is -0.481 e. The number of aliphatic carboxylic acids is 1. The maximum Gasteiger partial charge on any atom is 0.306 e. The largest absolute Gasteiger partial charge is 0.481 e. The second-order valence-electron chi connectivity index (χ2n) is 4.80. The first kappa shape index (κ1) is 15.0. The van der Waals surface area contributed by atoms with Crippen LogP contribution in [-0.4, -0.2) is 47.7 Å². The van der Waals surface area contributed by atoms with Gasteiger partial charge in [-0.05, 0) is 24.6 Å². The van der Waals surface area contributed by atoms with Crippen LogP contribution in [0.25, 0.3) is 0 Å². The van der Waals surface area contributed by atoms with Crippen LogP contribution in [-0.2, 0) is 9.53 Å². The van der Waals surface area contributed by atoms with E-state index >= 15 is 0 Å². The zero-order valence-electron chi connectivity index (χ0n) is 11.1. The molecule has 0 unspecified atom stereocenters. The monoisotopic (exact) mass is 341 g/mol. The molecule has 1 aromatic rings. The Bertz CT molecular complexity index is 532. The second-order valence-corrected chi connectivity index (χ2v) is 5.72. The summed E-state index contributed by atoms with van der Waals surface area (Å²) in [5.74, 6) is -0.995. The van der Waals surface area contributed by atoms with Gasteiger partial charge in [0.05, 0.1) is 19.1 Å². The molecule has 108 valence electrons. The minimum absolute atomic E-state index is 0.0810. The van der Waals surface area contributed by atoms with Gasteiger partial charge in [0.15, 0.2) is 0 Å². The normalized spacial score (nSPS) is 18.9. The number of nitrogens with zero attached hydrogens (tertiary/aromatic N) is 1. The van der Waals surface area contributed by atoms with Gasteiger partial charge >= 0.3 is 5.97 Å². The summed E-state index contributed by atoms with van der Waals surface area (Å²) < 4.78 is 6.22. The van der Waals surface area contributed by atoms with Crippen LogP contribution >= 0.6 is 15.9 Å². The van der Waals surface area contributed by atoms with Gasteiger partial charge in [-0.25, -0.2) is 0 Å². The van der Waals surface area contributed by atoms with E-state index in [2.05, 4.69) is 15.9 Å². The lowest BCUT2D eigenvalue weighted by Gasteiger charge is -2.32. The number of hydrogen-bond acceptors (Lipinski definition) is 3. The molecule has 0 aliphatic carbocycles. The second kappa shape index (κ2) is 6.37. The van der Waals surface area contributed by atoms with Gasteiger partial charge in [0, 0.05) is 23.1 Å². The topological polar surface area (TPSA) is 66.8 Å². The Morgan fingerprint density at radius 3 is 2.95 bits per heavy atom. The van der Waals surface area contributed by atoms with E-state index in [4.69, 9.17) is 9.84 Å². The lowest BCUT2D eigenvalue weighted by molar-refractivity contribution is -0.141. The molecule has 1 amide bonds. The van der Waals surface area contributed by atoms with E-state index in [-0.39, 0.29) is 12.3 Å². The molecule has 1 aromatic carbocycles. The van der Waals surface area contributed by atoms with Crippen LogP contribution < -0.4 is 0 Å². The molecule has 1 fully saturated rings. The highest BCUT2D eigenvalue weighted by Gasteiger charge is 2.27. The quantitative estimate of drug-likeness (QED) is 0.913. The number of aryl methyl sites for hydroxylation is 1. The highest BCUT2D eigenvalue weighted by Crippen LogP contribution is 2.19. The molecule has 1 aliphatic heterocycles. The lowest BCUT2D eigenvalue weighted by Crippen LogP contribution is -2.46. The van der Waals surface area contributed by atoms with Gasteiger partial charge in [0.25, 0.3) is 5.91 Å². The number of carboxylic acid groups (broad SMARTS) is 1. The van der Waals surface area contributed by atoms with Gasteiger partial charge in [-0.15, -0.1) is 0 Å². The molecule has 0 bridgehead atoms. The summed E-state index contributed by atoms with van der Waals surface area (Å²) in [4.78, 5) is 24.9. The smallest absolute Gasteiger partial charge is 0.306 e. The maximum atomic E-state index is 12.5. The van der Waals surface area contributed by atoms with Crippen molar-refractivity contribution in [1.82, 2.24) is 4.90 Å². The molecule has 20 heavy (non-hydrogen) atoms. The number of carbonyl (C=O) groups is 2. The van der Waals surface area contributed by atoms with Crippen molar-refractivity contribution in [3.8, 4) is 0 Å². The Hall–Kier alpha value is -1.40. The number of hydrogen-bond donors (Lipinski definition) is 1. The van der Waals surface area contributed by atoms with E-state index in [0.717, 1.165) is 10.0 Å². The van der Waals surface area contributed by atoms with Crippen molar-refractivity contribution < 1.29 is 19.4 Å². The van der Waals surface area contributed by atoms with Crippen LogP contribution in [0, 0.1) is 6.92 Å². The fraction of sp³-hybridized carbons (Fsp3) is 0.429. The molecular weight excluding hydrogens is 326 g/mol. The van der Waals surface area contributed by atoms with Crippen LogP contribution in [0.2, 0.25) is 0 Å². The molecule has 1 N–H and O–H groups in total. The molecule has 1 aliphatic rings. The zero-order valence-corrected chi connectivity index (χ0v) is 12.7. The van der Waals surface area contributed by atoms with Crippen LogP contribution in [0.1, 0.15) is 22.3 Å². The lowest BCUT2D eigenvalue weighted by atomic mass is 10.1. The standard InChI is InChI=1S/C14H16BrNO4/c1-9-2-3-10(15)6-12(9)14(19)16-4-5-20-11(8-16)7-13(17)18/h2-3,6,11H,4-5,7-8H2,1H3,(H,17,18)/t11-/m1/s1. The zero-order chi connectivity index (χ0) is 14.7. The van der Waals surface area contributed by atoms with Crippen LogP contribution in [0.5, 0.6) is 0 Å². The van der Waals surface area contributed by atoms with E-state index in [0.29, 0.717) is 25.3 Å². The van der Waals surface area contributed by atoms with Crippen molar-refractivity contribution in [3.63, 3.8) is 0 Å². The Labute approximate surface area is 125 Å². The number of amides is 1. The number of ether oxygens (including phenoxy) is 1. The predicted molar refractivity (Wildman–Crippen MR) is 76.8 cm³/mol. The van der Waals surface area contributed by atoms with Crippen LogP contribution in [0.4, 0.5) is 0 Å². The summed E-state index contributed by atoms with van der Waals surface area (Å²) in [7, 11) is 0. The van der Waals surface area contributed by atoms with Crippen molar-refractivity contribution in [2.45, 2.75) is 19.4 Å². The molecule has 2 rings (SSSR count). The van der Waals surface area contributed by atoms with Crippen molar-refractivity contribution in [2.75, 3.05) is 19.7 Å². The summed E-state index contributed by atoms with van der Waals surface area (Å²) >= 11 is 3.36. The summed E-state index contributed by atoms with van der Waals surface area (Å²) in [6.07, 6.45) is -0.515. The van der Waals surface area contributed by atoms with Gasteiger partial charge in [-0.2, -0.15) is 0 Å². The fourth-order valence-electron chi connectivity index (χ4n) is 2.22. The van der Waals surface area contributed by atoms with Crippen molar-refractivity contribution in [2.24, 2.45) is 0 Å². The summed E-state index contributed by atoms with van der Waals surface area (Å²) in [5, 5.41) is 8.80. The number of halogens is 1. The van der Waals surface area contributed by atoms with E-state index in [1.807, 2.05) is 19.1 Å². The maximum absolute atomic E-state index is 12.5. The third-order valence-electron chi connectivity index (χ3n) is 3.26. The molecule has 5 nitrogen and oxygen atoms in total. The van der Waals surface area contributed by atoms with Gasteiger partial charge in [0.1, 0.15) is 0 Å². The molecule has 6 heteroatoms. The molecule has 0 saturated carbocycles. The molecule has 1 atom stereocenters. The third-order valence-corrected chi connectivity index (χ3v) is 3.75. The Kier molecular flexibility index (Phi) is 4.77. The number of benzene rings is 1. The average Bonchev–Trinajstić information content (AvgIpc) is 2.40. The van der Waals surface area contributed by atoms with Crippen LogP contribution in [0.15, 0.2) is 22.7 Å². The SMILES string of the molecule is Cc1ccc(Br)cc1C(=O)N1CCO[C@H](CC(=O)O)C1. The van der Waals surface area contributed by atoms with Crippen molar-refractivity contribution in [1.29, 1.82) is 0 Å². The van der Waals surface area contributed by atoms with Gasteiger partial charge in [0.2, 0.25) is 0 Å². The molecule has 1 saturated heterocycles. The fourth-order valence-corrected chi connectivity index (χ4v) is 2.58. The molecular formula is C14H16BrNO4. The third kappa shape index (κ3) is 3.58. The van der Waals surface area contributed by atoms with E-state index in [9.17, 15) is 9.59 Å². The summed E-state index contributed by atoms with van der Waals surface area (Å²) in [6, 6.07) is 5.56. The minimum atomic E-state index is -0.914. The molecule has 0 aromatic heterocycles.